The number of nitro groups is 1. The number of benzene rings is 1. The fourth-order valence-corrected chi connectivity index (χ4v) is 1.51. The standard InChI is InChI=1S/C12H13NO6/c1-18-11(14)9(12(15)19-2)7-8-5-3-4-6-10(8)13(16)17/h3-6,14H,7H2,1-2H3/b11-9+. The fourth-order valence-electron chi connectivity index (χ4n) is 1.51. The van der Waals surface area contributed by atoms with Crippen molar-refractivity contribution in [1.82, 2.24) is 0 Å². The Balaban J connectivity index is 3.18. The van der Waals surface area contributed by atoms with Gasteiger partial charge >= 0.3 is 5.97 Å². The summed E-state index contributed by atoms with van der Waals surface area (Å²) in [6.07, 6.45) is -0.163. The number of esters is 1. The minimum atomic E-state index is -0.808. The third-order valence-electron chi connectivity index (χ3n) is 2.44. The van der Waals surface area contributed by atoms with E-state index in [1.807, 2.05) is 0 Å². The lowest BCUT2D eigenvalue weighted by molar-refractivity contribution is -0.385. The van der Waals surface area contributed by atoms with Crippen LogP contribution < -0.4 is 0 Å². The molecule has 0 aliphatic carbocycles. The molecule has 0 saturated heterocycles. The Kier molecular flexibility index (Phi) is 4.87. The van der Waals surface area contributed by atoms with Crippen LogP contribution in [0.15, 0.2) is 35.8 Å². The highest BCUT2D eigenvalue weighted by Crippen LogP contribution is 2.22. The molecule has 19 heavy (non-hydrogen) atoms. The van der Waals surface area contributed by atoms with E-state index >= 15 is 0 Å². The Hall–Kier alpha value is -2.57. The summed E-state index contributed by atoms with van der Waals surface area (Å²) in [6, 6.07) is 5.92. The molecule has 0 bridgehead atoms. The number of nitrogens with zero attached hydrogens (tertiary/aromatic N) is 1. The van der Waals surface area contributed by atoms with Crippen LogP contribution in [0.2, 0.25) is 0 Å². The first-order valence-electron chi connectivity index (χ1n) is 5.28. The lowest BCUT2D eigenvalue weighted by Crippen LogP contribution is -2.12. The maximum Gasteiger partial charge on any atom is 0.341 e. The highest BCUT2D eigenvalue weighted by Gasteiger charge is 2.22. The normalized spacial score (nSPS) is 11.5. The first-order chi connectivity index (χ1) is 9.01. The van der Waals surface area contributed by atoms with Gasteiger partial charge in [0.1, 0.15) is 5.57 Å². The topological polar surface area (TPSA) is 98.9 Å². The summed E-state index contributed by atoms with van der Waals surface area (Å²) < 4.78 is 9.07. The molecule has 0 radical (unpaired) electrons. The minimum absolute atomic E-state index is 0.146. The van der Waals surface area contributed by atoms with E-state index in [1.54, 1.807) is 6.07 Å². The zero-order valence-electron chi connectivity index (χ0n) is 10.5. The van der Waals surface area contributed by atoms with Crippen LogP contribution in [-0.4, -0.2) is 30.2 Å². The van der Waals surface area contributed by atoms with Gasteiger partial charge in [-0.05, 0) is 0 Å². The molecule has 1 aromatic carbocycles. The van der Waals surface area contributed by atoms with Gasteiger partial charge in [0.15, 0.2) is 0 Å². The van der Waals surface area contributed by atoms with Gasteiger partial charge in [0.2, 0.25) is 0 Å². The Bertz CT molecular complexity index is 523. The number of para-hydroxylation sites is 1. The molecule has 7 nitrogen and oxygen atoms in total. The number of carbonyl (C=O) groups is 1. The van der Waals surface area contributed by atoms with E-state index in [4.69, 9.17) is 0 Å². The average molecular weight is 267 g/mol. The molecule has 0 spiro atoms. The predicted octanol–water partition coefficient (Wildman–Crippen LogP) is 1.73. The zero-order chi connectivity index (χ0) is 14.4. The number of ether oxygens (including phenoxy) is 2. The van der Waals surface area contributed by atoms with Crippen LogP contribution >= 0.6 is 0 Å². The largest absolute Gasteiger partial charge is 0.481 e. The van der Waals surface area contributed by atoms with Gasteiger partial charge < -0.3 is 14.6 Å². The summed E-state index contributed by atoms with van der Waals surface area (Å²) in [5.74, 6) is -1.43. The van der Waals surface area contributed by atoms with Crippen molar-refractivity contribution >= 4 is 11.7 Å². The van der Waals surface area contributed by atoms with Crippen molar-refractivity contribution in [3.8, 4) is 0 Å². The molecule has 7 heteroatoms. The summed E-state index contributed by atoms with van der Waals surface area (Å²) >= 11 is 0. The molecule has 1 rings (SSSR count). The molecule has 1 aromatic rings. The van der Waals surface area contributed by atoms with Crippen LogP contribution in [0, 0.1) is 10.1 Å². The van der Waals surface area contributed by atoms with Gasteiger partial charge in [-0.3, -0.25) is 10.1 Å². The monoisotopic (exact) mass is 267 g/mol. The van der Waals surface area contributed by atoms with Gasteiger partial charge in [-0.25, -0.2) is 4.79 Å². The molecule has 0 aliphatic heterocycles. The Morgan fingerprint density at radius 2 is 1.95 bits per heavy atom. The number of nitro benzene ring substituents is 1. The number of hydrogen-bond donors (Lipinski definition) is 1. The smallest absolute Gasteiger partial charge is 0.341 e. The highest BCUT2D eigenvalue weighted by molar-refractivity contribution is 5.89. The van der Waals surface area contributed by atoms with Crippen molar-refractivity contribution < 1.29 is 24.3 Å². The second-order valence-electron chi connectivity index (χ2n) is 3.54. The van der Waals surface area contributed by atoms with E-state index < -0.39 is 16.8 Å². The van der Waals surface area contributed by atoms with Gasteiger partial charge in [0.05, 0.1) is 19.1 Å². The highest BCUT2D eigenvalue weighted by atomic mass is 16.6. The molecule has 1 N–H and O–H groups in total. The van der Waals surface area contributed by atoms with Gasteiger partial charge in [-0.2, -0.15) is 0 Å². The lowest BCUT2D eigenvalue weighted by Gasteiger charge is -2.08. The van der Waals surface area contributed by atoms with Gasteiger partial charge in [-0.1, -0.05) is 18.2 Å². The molecule has 0 unspecified atom stereocenters. The van der Waals surface area contributed by atoms with Crippen LogP contribution in [0.3, 0.4) is 0 Å². The van der Waals surface area contributed by atoms with Crippen molar-refractivity contribution in [2.24, 2.45) is 0 Å². The third-order valence-corrected chi connectivity index (χ3v) is 2.44. The molecule has 0 aromatic heterocycles. The van der Waals surface area contributed by atoms with Gasteiger partial charge in [0.25, 0.3) is 11.6 Å². The number of carbonyl (C=O) groups excluding carboxylic acids is 1. The van der Waals surface area contributed by atoms with E-state index in [0.29, 0.717) is 0 Å². The molecule has 102 valence electrons. The molecule has 0 fully saturated rings. The zero-order valence-corrected chi connectivity index (χ0v) is 10.5. The van der Waals surface area contributed by atoms with Crippen LogP contribution in [0.25, 0.3) is 0 Å². The van der Waals surface area contributed by atoms with Crippen LogP contribution in [0.1, 0.15) is 5.56 Å². The molecule has 0 aliphatic rings. The summed E-state index contributed by atoms with van der Waals surface area (Å²) in [5.41, 5.74) is -0.0522. The van der Waals surface area contributed by atoms with E-state index in [2.05, 4.69) is 9.47 Å². The van der Waals surface area contributed by atoms with Crippen LogP contribution in [0.5, 0.6) is 0 Å². The molecular formula is C12H13NO6. The Labute approximate surface area is 109 Å². The summed E-state index contributed by atoms with van der Waals surface area (Å²) in [4.78, 5) is 21.8. The number of methoxy groups -OCH3 is 2. The van der Waals surface area contributed by atoms with E-state index in [0.717, 1.165) is 7.11 Å². The van der Waals surface area contributed by atoms with E-state index in [-0.39, 0.29) is 23.2 Å². The number of aliphatic hydroxyl groups excluding tert-OH is 1. The van der Waals surface area contributed by atoms with Gasteiger partial charge in [-0.15, -0.1) is 0 Å². The maximum absolute atomic E-state index is 11.5. The first-order valence-corrected chi connectivity index (χ1v) is 5.28. The summed E-state index contributed by atoms with van der Waals surface area (Å²) in [5, 5.41) is 20.4. The summed E-state index contributed by atoms with van der Waals surface area (Å²) in [6.45, 7) is 0. The second-order valence-corrected chi connectivity index (χ2v) is 3.54. The molecular weight excluding hydrogens is 254 g/mol. The van der Waals surface area contributed by atoms with E-state index in [1.165, 1.54) is 25.3 Å². The third kappa shape index (κ3) is 3.44. The first kappa shape index (κ1) is 14.5. The molecule has 0 saturated carbocycles. The Morgan fingerprint density at radius 1 is 1.32 bits per heavy atom. The molecule has 0 heterocycles. The van der Waals surface area contributed by atoms with Crippen molar-refractivity contribution in [2.45, 2.75) is 6.42 Å². The second kappa shape index (κ2) is 6.39. The quantitative estimate of drug-likeness (QED) is 0.287. The van der Waals surface area contributed by atoms with Crippen molar-refractivity contribution in [3.05, 3.63) is 51.5 Å². The Morgan fingerprint density at radius 3 is 2.47 bits per heavy atom. The van der Waals surface area contributed by atoms with Crippen molar-refractivity contribution in [3.63, 3.8) is 0 Å². The SMILES string of the molecule is COC(=O)/C(Cc1ccccc1[N+](=O)[O-])=C(\O)OC. The van der Waals surface area contributed by atoms with Crippen molar-refractivity contribution in [1.29, 1.82) is 0 Å². The summed E-state index contributed by atoms with van der Waals surface area (Å²) in [7, 11) is 2.32. The van der Waals surface area contributed by atoms with Crippen LogP contribution in [0.4, 0.5) is 5.69 Å². The molecule has 0 atom stereocenters. The van der Waals surface area contributed by atoms with E-state index in [9.17, 15) is 20.0 Å². The lowest BCUT2D eigenvalue weighted by atomic mass is 10.0. The van der Waals surface area contributed by atoms with Gasteiger partial charge in [0, 0.05) is 18.1 Å². The minimum Gasteiger partial charge on any atom is -0.481 e. The van der Waals surface area contributed by atoms with Crippen molar-refractivity contribution in [2.75, 3.05) is 14.2 Å². The number of hydrogen-bond acceptors (Lipinski definition) is 6. The average Bonchev–Trinajstić information content (AvgIpc) is 2.43. The fraction of sp³-hybridized carbons (Fsp3) is 0.250. The van der Waals surface area contributed by atoms with Crippen LogP contribution in [-0.2, 0) is 20.7 Å². The number of rotatable bonds is 5. The number of aliphatic hydroxyl groups is 1. The maximum atomic E-state index is 11.5. The predicted molar refractivity (Wildman–Crippen MR) is 65.5 cm³/mol. The molecule has 0 amide bonds.